The molecular weight excluding hydrogens is 306 g/mol. The van der Waals surface area contributed by atoms with Crippen molar-refractivity contribution in [1.29, 1.82) is 0 Å². The molecule has 1 amide bonds. The van der Waals surface area contributed by atoms with E-state index in [4.69, 9.17) is 4.42 Å². The van der Waals surface area contributed by atoms with Crippen LogP contribution in [-0.2, 0) is 0 Å². The van der Waals surface area contributed by atoms with Crippen molar-refractivity contribution < 1.29 is 9.21 Å². The van der Waals surface area contributed by atoms with Crippen LogP contribution in [0.3, 0.4) is 0 Å². The molecule has 1 aliphatic rings. The molecule has 3 aromatic rings. The lowest BCUT2D eigenvalue weighted by atomic mass is 10.0. The average Bonchev–Trinajstić information content (AvgIpc) is 3.34. The number of hydrogen-bond donors (Lipinski definition) is 1. The van der Waals surface area contributed by atoms with E-state index in [1.165, 1.54) is 6.26 Å². The molecule has 4 rings (SSSR count). The van der Waals surface area contributed by atoms with Gasteiger partial charge in [-0.15, -0.1) is 0 Å². The lowest BCUT2D eigenvalue weighted by Gasteiger charge is -2.33. The Morgan fingerprint density at radius 1 is 1.25 bits per heavy atom. The second-order valence-electron chi connectivity index (χ2n) is 5.77. The number of pyridine rings is 1. The van der Waals surface area contributed by atoms with E-state index in [2.05, 4.69) is 20.2 Å². The summed E-state index contributed by atoms with van der Waals surface area (Å²) in [4.78, 5) is 23.1. The number of rotatable bonds is 3. The number of amides is 1. The van der Waals surface area contributed by atoms with Crippen molar-refractivity contribution in [3.63, 3.8) is 0 Å². The van der Waals surface area contributed by atoms with E-state index in [0.717, 1.165) is 24.8 Å². The van der Waals surface area contributed by atoms with E-state index < -0.39 is 0 Å². The number of nitrogens with one attached hydrogen (secondary N) is 1. The molecule has 0 radical (unpaired) electrons. The number of aromatic nitrogens is 4. The number of piperidine rings is 1. The van der Waals surface area contributed by atoms with Gasteiger partial charge in [0, 0.05) is 24.5 Å². The SMILES string of the molecule is O=C(c1ccco1)N1CCCCC1c1nc(-c2ccncc2)n[nH]1. The first-order valence-corrected chi connectivity index (χ1v) is 8.00. The molecule has 1 fully saturated rings. The molecular formula is C17H17N5O2. The zero-order valence-corrected chi connectivity index (χ0v) is 13.1. The Morgan fingerprint density at radius 2 is 2.12 bits per heavy atom. The standard InChI is InChI=1S/C17H17N5O2/c23-17(14-5-3-11-24-14)22-10-2-1-4-13(22)16-19-15(20-21-16)12-6-8-18-9-7-12/h3,5-9,11,13H,1-2,4,10H2,(H,19,20,21). The van der Waals surface area contributed by atoms with E-state index in [-0.39, 0.29) is 11.9 Å². The Bertz CT molecular complexity index is 813. The third kappa shape index (κ3) is 2.68. The normalized spacial score (nSPS) is 17.8. The largest absolute Gasteiger partial charge is 0.459 e. The molecule has 0 aromatic carbocycles. The minimum absolute atomic E-state index is 0.105. The quantitative estimate of drug-likeness (QED) is 0.800. The van der Waals surface area contributed by atoms with Crippen molar-refractivity contribution in [1.82, 2.24) is 25.1 Å². The van der Waals surface area contributed by atoms with Crippen LogP contribution in [-0.4, -0.2) is 37.5 Å². The van der Waals surface area contributed by atoms with Crippen LogP contribution in [0.5, 0.6) is 0 Å². The Labute approximate surface area is 138 Å². The topological polar surface area (TPSA) is 87.9 Å². The lowest BCUT2D eigenvalue weighted by Crippen LogP contribution is -2.38. The maximum Gasteiger partial charge on any atom is 0.290 e. The van der Waals surface area contributed by atoms with Crippen LogP contribution in [0.25, 0.3) is 11.4 Å². The number of nitrogens with zero attached hydrogens (tertiary/aromatic N) is 4. The first kappa shape index (κ1) is 14.6. The third-order valence-electron chi connectivity index (χ3n) is 4.25. The first-order chi connectivity index (χ1) is 11.8. The Balaban J connectivity index is 1.62. The summed E-state index contributed by atoms with van der Waals surface area (Å²) >= 11 is 0. The van der Waals surface area contributed by atoms with E-state index in [0.29, 0.717) is 24.0 Å². The van der Waals surface area contributed by atoms with Gasteiger partial charge in [-0.25, -0.2) is 4.98 Å². The zero-order valence-electron chi connectivity index (χ0n) is 13.1. The van der Waals surface area contributed by atoms with Crippen LogP contribution in [0.4, 0.5) is 0 Å². The lowest BCUT2D eigenvalue weighted by molar-refractivity contribution is 0.0568. The van der Waals surface area contributed by atoms with E-state index >= 15 is 0 Å². The van der Waals surface area contributed by atoms with Crippen LogP contribution >= 0.6 is 0 Å². The van der Waals surface area contributed by atoms with Gasteiger partial charge in [0.05, 0.1) is 12.3 Å². The van der Waals surface area contributed by atoms with Crippen molar-refractivity contribution in [2.24, 2.45) is 0 Å². The fourth-order valence-corrected chi connectivity index (χ4v) is 3.05. The summed E-state index contributed by atoms with van der Waals surface area (Å²) < 4.78 is 5.26. The minimum Gasteiger partial charge on any atom is -0.459 e. The highest BCUT2D eigenvalue weighted by atomic mass is 16.3. The van der Waals surface area contributed by atoms with Gasteiger partial charge in [0.2, 0.25) is 0 Å². The number of likely N-dealkylation sites (tertiary alicyclic amines) is 1. The summed E-state index contributed by atoms with van der Waals surface area (Å²) in [6.07, 6.45) is 7.82. The van der Waals surface area contributed by atoms with Crippen LogP contribution < -0.4 is 0 Å². The molecule has 0 bridgehead atoms. The summed E-state index contributed by atoms with van der Waals surface area (Å²) in [7, 11) is 0. The first-order valence-electron chi connectivity index (χ1n) is 8.00. The smallest absolute Gasteiger partial charge is 0.290 e. The molecule has 0 saturated carbocycles. The average molecular weight is 323 g/mol. The van der Waals surface area contributed by atoms with Crippen LogP contribution in [0.15, 0.2) is 47.3 Å². The minimum atomic E-state index is -0.112. The molecule has 7 heteroatoms. The van der Waals surface area contributed by atoms with Crippen LogP contribution in [0.1, 0.15) is 41.7 Å². The van der Waals surface area contributed by atoms with E-state index in [1.54, 1.807) is 24.5 Å². The van der Waals surface area contributed by atoms with Gasteiger partial charge in [0.15, 0.2) is 11.6 Å². The molecule has 4 heterocycles. The molecule has 0 aliphatic carbocycles. The highest BCUT2D eigenvalue weighted by molar-refractivity contribution is 5.91. The highest BCUT2D eigenvalue weighted by Gasteiger charge is 2.32. The van der Waals surface area contributed by atoms with Gasteiger partial charge in [0.25, 0.3) is 5.91 Å². The molecule has 0 spiro atoms. The fraction of sp³-hybridized carbons (Fsp3) is 0.294. The number of carbonyl (C=O) groups excluding carboxylic acids is 1. The summed E-state index contributed by atoms with van der Waals surface area (Å²) in [6, 6.07) is 7.03. The predicted octanol–water partition coefficient (Wildman–Crippen LogP) is 2.83. The van der Waals surface area contributed by atoms with Crippen molar-refractivity contribution in [3.8, 4) is 11.4 Å². The predicted molar refractivity (Wildman–Crippen MR) is 86.0 cm³/mol. The van der Waals surface area contributed by atoms with Gasteiger partial charge in [-0.1, -0.05) is 0 Å². The molecule has 1 aliphatic heterocycles. The van der Waals surface area contributed by atoms with Gasteiger partial charge in [-0.3, -0.25) is 14.9 Å². The Morgan fingerprint density at radius 3 is 2.92 bits per heavy atom. The molecule has 1 atom stereocenters. The number of hydrogen-bond acceptors (Lipinski definition) is 5. The van der Waals surface area contributed by atoms with Gasteiger partial charge in [0.1, 0.15) is 5.82 Å². The molecule has 7 nitrogen and oxygen atoms in total. The van der Waals surface area contributed by atoms with Crippen molar-refractivity contribution in [2.75, 3.05) is 6.54 Å². The van der Waals surface area contributed by atoms with E-state index in [1.807, 2.05) is 17.0 Å². The number of carbonyl (C=O) groups is 1. The zero-order chi connectivity index (χ0) is 16.4. The van der Waals surface area contributed by atoms with Crippen molar-refractivity contribution >= 4 is 5.91 Å². The monoisotopic (exact) mass is 323 g/mol. The molecule has 24 heavy (non-hydrogen) atoms. The molecule has 1 unspecified atom stereocenters. The second-order valence-corrected chi connectivity index (χ2v) is 5.77. The third-order valence-corrected chi connectivity index (χ3v) is 4.25. The molecule has 1 saturated heterocycles. The van der Waals surface area contributed by atoms with Crippen molar-refractivity contribution in [2.45, 2.75) is 25.3 Å². The summed E-state index contributed by atoms with van der Waals surface area (Å²) in [5.74, 6) is 1.58. The fourth-order valence-electron chi connectivity index (χ4n) is 3.05. The number of furan rings is 1. The molecule has 122 valence electrons. The van der Waals surface area contributed by atoms with Gasteiger partial charge >= 0.3 is 0 Å². The Kier molecular flexibility index (Phi) is 3.82. The van der Waals surface area contributed by atoms with E-state index in [9.17, 15) is 4.79 Å². The summed E-state index contributed by atoms with van der Waals surface area (Å²) in [6.45, 7) is 0.690. The highest BCUT2D eigenvalue weighted by Crippen LogP contribution is 2.31. The maximum absolute atomic E-state index is 12.7. The van der Waals surface area contributed by atoms with Crippen molar-refractivity contribution in [3.05, 3.63) is 54.5 Å². The van der Waals surface area contributed by atoms with Gasteiger partial charge in [-0.2, -0.15) is 5.10 Å². The Hall–Kier alpha value is -2.96. The molecule has 1 N–H and O–H groups in total. The number of aromatic amines is 1. The maximum atomic E-state index is 12.7. The van der Waals surface area contributed by atoms with Gasteiger partial charge in [-0.05, 0) is 43.5 Å². The number of H-pyrrole nitrogens is 1. The molecule has 3 aromatic heterocycles. The van der Waals surface area contributed by atoms with Crippen LogP contribution in [0.2, 0.25) is 0 Å². The van der Waals surface area contributed by atoms with Crippen LogP contribution in [0, 0.1) is 0 Å². The summed E-state index contributed by atoms with van der Waals surface area (Å²) in [5, 5.41) is 7.29. The second kappa shape index (κ2) is 6.27. The summed E-state index contributed by atoms with van der Waals surface area (Å²) in [5.41, 5.74) is 0.896. The van der Waals surface area contributed by atoms with Gasteiger partial charge < -0.3 is 9.32 Å².